The van der Waals surface area contributed by atoms with E-state index < -0.39 is 46.4 Å². The maximum atomic E-state index is 12.1. The lowest BCUT2D eigenvalue weighted by Crippen LogP contribution is -3.10. The van der Waals surface area contributed by atoms with Crippen molar-refractivity contribution < 1.29 is 30.6 Å². The van der Waals surface area contributed by atoms with E-state index in [-0.39, 0.29) is 12.8 Å². The third-order valence-corrected chi connectivity index (χ3v) is 8.21. The van der Waals surface area contributed by atoms with Gasteiger partial charge in [-0.25, -0.2) is 0 Å². The molecule has 30 heavy (non-hydrogen) atoms. The van der Waals surface area contributed by atoms with Crippen LogP contribution < -0.4 is 0 Å². The standard InChI is InChI=1S/C24H30O6/c1-3-20(16-11-7-5-8-12-16)19(27)23(29)21(4-2,17-13-9-6-10-14-17)22(28,18(26)15-25)24(20,23)30/h5-14,18-19,25-30H,3-4,15H2,1-2H3/t18-,19?,20?,21?,22+,23-,24+/m1/s1. The van der Waals surface area contributed by atoms with Gasteiger partial charge in [0.15, 0.2) is 0 Å². The second kappa shape index (κ2) is 6.60. The highest BCUT2D eigenvalue weighted by atomic mass is 16.5. The largest absolute Gasteiger partial charge is 0.394 e. The normalized spacial score (nSPS) is 43.3. The van der Waals surface area contributed by atoms with Gasteiger partial charge in [-0.2, -0.15) is 0 Å². The molecule has 3 unspecified atom stereocenters. The van der Waals surface area contributed by atoms with E-state index in [1.165, 1.54) is 0 Å². The number of hydrogen-bond acceptors (Lipinski definition) is 6. The molecule has 4 rings (SSSR count). The predicted octanol–water partition coefficient (Wildman–Crippen LogP) is 0.617. The summed E-state index contributed by atoms with van der Waals surface area (Å²) in [6.45, 7) is 2.67. The van der Waals surface area contributed by atoms with Crippen LogP contribution in [0.3, 0.4) is 0 Å². The zero-order valence-electron chi connectivity index (χ0n) is 17.2. The molecule has 0 aromatic heterocycles. The molecule has 7 atom stereocenters. The number of benzene rings is 2. The van der Waals surface area contributed by atoms with Gasteiger partial charge in [-0.1, -0.05) is 74.5 Å². The van der Waals surface area contributed by atoms with Crippen LogP contribution in [-0.2, 0) is 10.8 Å². The number of aliphatic hydroxyl groups excluding tert-OH is 3. The fourth-order valence-corrected chi connectivity index (χ4v) is 7.04. The smallest absolute Gasteiger partial charge is 0.141 e. The zero-order chi connectivity index (χ0) is 22.0. The van der Waals surface area contributed by atoms with Gasteiger partial charge >= 0.3 is 0 Å². The molecule has 0 bridgehead atoms. The van der Waals surface area contributed by atoms with Crippen LogP contribution in [0.2, 0.25) is 0 Å². The van der Waals surface area contributed by atoms with Gasteiger partial charge in [-0.3, -0.25) is 0 Å². The Morgan fingerprint density at radius 2 is 1.33 bits per heavy atom. The number of hydrogen-bond donors (Lipinski definition) is 6. The quantitative estimate of drug-likeness (QED) is 0.412. The minimum atomic E-state index is -2.31. The van der Waals surface area contributed by atoms with Gasteiger partial charge < -0.3 is 30.6 Å². The Morgan fingerprint density at radius 1 is 0.833 bits per heavy atom. The van der Waals surface area contributed by atoms with E-state index in [9.17, 15) is 30.6 Å². The first kappa shape index (κ1) is 21.4. The van der Waals surface area contributed by atoms with E-state index in [2.05, 4.69) is 0 Å². The van der Waals surface area contributed by atoms with E-state index in [0.717, 1.165) is 0 Å². The van der Waals surface area contributed by atoms with Gasteiger partial charge in [0.25, 0.3) is 0 Å². The van der Waals surface area contributed by atoms with Crippen molar-refractivity contribution in [3.63, 3.8) is 0 Å². The maximum Gasteiger partial charge on any atom is 0.141 e. The first-order valence-corrected chi connectivity index (χ1v) is 10.5. The molecule has 2 aromatic rings. The average molecular weight is 414 g/mol. The third kappa shape index (κ3) is 1.76. The van der Waals surface area contributed by atoms with Crippen LogP contribution in [0, 0.1) is 0 Å². The topological polar surface area (TPSA) is 121 Å². The SMILES string of the molecule is CCC1(c2ccccc2)C(O)[C@@]2(O)C(CC)(c3ccccc3)[C@@](O)([C@H](O)CO)[C@@]12O. The van der Waals surface area contributed by atoms with Crippen LogP contribution in [0.4, 0.5) is 0 Å². The van der Waals surface area contributed by atoms with Gasteiger partial charge in [0.2, 0.25) is 0 Å². The van der Waals surface area contributed by atoms with Crippen molar-refractivity contribution in [2.45, 2.75) is 66.5 Å². The van der Waals surface area contributed by atoms with Crippen molar-refractivity contribution in [1.82, 2.24) is 0 Å². The highest BCUT2D eigenvalue weighted by molar-refractivity contribution is 5.63. The van der Waals surface area contributed by atoms with Crippen LogP contribution >= 0.6 is 0 Å². The van der Waals surface area contributed by atoms with Gasteiger partial charge in [-0.05, 0) is 24.0 Å². The molecule has 2 aliphatic rings. The molecule has 0 saturated heterocycles. The van der Waals surface area contributed by atoms with Crippen LogP contribution in [0.15, 0.2) is 60.7 Å². The molecule has 0 amide bonds. The van der Waals surface area contributed by atoms with Crippen molar-refractivity contribution in [1.29, 1.82) is 0 Å². The minimum absolute atomic E-state index is 0.120. The third-order valence-electron chi connectivity index (χ3n) is 8.21. The first-order chi connectivity index (χ1) is 14.2. The lowest BCUT2D eigenvalue weighted by molar-refractivity contribution is -0.513. The lowest BCUT2D eigenvalue weighted by Gasteiger charge is -2.88. The Balaban J connectivity index is 2.04. The molecule has 0 heterocycles. The Morgan fingerprint density at radius 3 is 1.77 bits per heavy atom. The Hall–Kier alpha value is -1.80. The van der Waals surface area contributed by atoms with E-state index >= 15 is 0 Å². The van der Waals surface area contributed by atoms with Crippen molar-refractivity contribution in [3.8, 4) is 0 Å². The molecule has 162 valence electrons. The zero-order valence-corrected chi connectivity index (χ0v) is 17.2. The molecule has 2 fully saturated rings. The van der Waals surface area contributed by atoms with Gasteiger partial charge in [0, 0.05) is 0 Å². The molecule has 0 spiro atoms. The Kier molecular flexibility index (Phi) is 4.71. The maximum absolute atomic E-state index is 12.1. The molecule has 0 radical (unpaired) electrons. The Labute approximate surface area is 176 Å². The molecule has 2 aromatic carbocycles. The summed E-state index contributed by atoms with van der Waals surface area (Å²) in [4.78, 5) is 0. The summed E-state index contributed by atoms with van der Waals surface area (Å²) in [6.07, 6.45) is -2.83. The molecular formula is C24H30O6. The summed E-state index contributed by atoms with van der Waals surface area (Å²) in [5.74, 6) is 0. The van der Waals surface area contributed by atoms with Gasteiger partial charge in [-0.15, -0.1) is 0 Å². The molecule has 6 heteroatoms. The number of fused-ring (bicyclic) bond motifs is 1. The van der Waals surface area contributed by atoms with Gasteiger partial charge in [0.05, 0.1) is 23.5 Å². The second-order valence-electron chi connectivity index (χ2n) is 8.66. The summed E-state index contributed by atoms with van der Waals surface area (Å²) in [5, 5.41) is 68.3. The lowest BCUT2D eigenvalue weighted by atomic mass is 9.19. The molecule has 0 aliphatic heterocycles. The van der Waals surface area contributed by atoms with E-state index in [1.807, 2.05) is 0 Å². The van der Waals surface area contributed by atoms with Gasteiger partial charge in [0.1, 0.15) is 22.9 Å². The number of aliphatic hydroxyl groups is 6. The van der Waals surface area contributed by atoms with Crippen molar-refractivity contribution in [2.24, 2.45) is 0 Å². The summed E-state index contributed by atoms with van der Waals surface area (Å²) < 4.78 is 0. The van der Waals surface area contributed by atoms with Crippen molar-refractivity contribution in [3.05, 3.63) is 71.8 Å². The van der Waals surface area contributed by atoms with E-state index in [4.69, 9.17) is 0 Å². The molecule has 2 saturated carbocycles. The van der Waals surface area contributed by atoms with E-state index in [1.54, 1.807) is 74.5 Å². The predicted molar refractivity (Wildman–Crippen MR) is 111 cm³/mol. The fraction of sp³-hybridized carbons (Fsp3) is 0.500. The molecule has 6 N–H and O–H groups in total. The second-order valence-corrected chi connectivity index (χ2v) is 8.66. The summed E-state index contributed by atoms with van der Waals surface area (Å²) in [5.41, 5.74) is -8.74. The average Bonchev–Trinajstić information content (AvgIpc) is 2.80. The monoisotopic (exact) mass is 414 g/mol. The molecule has 6 nitrogen and oxygen atoms in total. The summed E-state index contributed by atoms with van der Waals surface area (Å²) in [6, 6.07) is 17.4. The Bertz CT molecular complexity index is 920. The summed E-state index contributed by atoms with van der Waals surface area (Å²) in [7, 11) is 0. The van der Waals surface area contributed by atoms with Crippen LogP contribution in [0.5, 0.6) is 0 Å². The highest BCUT2D eigenvalue weighted by Gasteiger charge is 3.02. The van der Waals surface area contributed by atoms with Crippen LogP contribution in [0.25, 0.3) is 0 Å². The summed E-state index contributed by atoms with van der Waals surface area (Å²) >= 11 is 0. The van der Waals surface area contributed by atoms with Crippen molar-refractivity contribution >= 4 is 0 Å². The molecular weight excluding hydrogens is 384 g/mol. The van der Waals surface area contributed by atoms with Crippen LogP contribution in [0.1, 0.15) is 37.8 Å². The number of rotatable bonds is 6. The van der Waals surface area contributed by atoms with E-state index in [0.29, 0.717) is 11.1 Å². The molecule has 2 aliphatic carbocycles. The minimum Gasteiger partial charge on any atom is -0.394 e. The fourth-order valence-electron chi connectivity index (χ4n) is 7.04. The van der Waals surface area contributed by atoms with Crippen LogP contribution in [-0.4, -0.2) is 66.3 Å². The highest BCUT2D eigenvalue weighted by Crippen LogP contribution is 2.81. The van der Waals surface area contributed by atoms with Crippen molar-refractivity contribution in [2.75, 3.05) is 6.61 Å². The first-order valence-electron chi connectivity index (χ1n) is 10.5.